The summed E-state index contributed by atoms with van der Waals surface area (Å²) in [6, 6.07) is 0. The Kier molecular flexibility index (Phi) is 63.9. The Balaban J connectivity index is 3.81. The Morgan fingerprint density at radius 3 is 0.910 bits per heavy atom. The minimum Gasteiger partial charge on any atom is -0.462 e. The summed E-state index contributed by atoms with van der Waals surface area (Å²) in [5, 5.41) is 0. The molecule has 0 aliphatic carbocycles. The first-order chi connectivity index (χ1) is 38.3. The van der Waals surface area contributed by atoms with Crippen LogP contribution in [0.5, 0.6) is 0 Å². The quantitative estimate of drug-likeness (QED) is 0.0264. The summed E-state index contributed by atoms with van der Waals surface area (Å²) in [4.78, 5) is 35.3. The minimum absolute atomic E-state index is 0.0578. The molecule has 0 radical (unpaired) electrons. The predicted molar refractivity (Wildman–Crippen MR) is 335 cm³/mol. The van der Waals surface area contributed by atoms with Gasteiger partial charge in [0.1, 0.15) is 6.61 Å². The lowest BCUT2D eigenvalue weighted by Gasteiger charge is -2.19. The van der Waals surface area contributed by atoms with Crippen molar-refractivity contribution >= 4 is 19.8 Å². The van der Waals surface area contributed by atoms with E-state index in [-0.39, 0.29) is 38.6 Å². The van der Waals surface area contributed by atoms with Crippen LogP contribution in [0.1, 0.15) is 380 Å². The monoisotopic (exact) mass is 1120 g/mol. The van der Waals surface area contributed by atoms with E-state index in [2.05, 4.69) is 26.0 Å². The smallest absolute Gasteiger partial charge is 0.462 e. The topological polar surface area (TPSA) is 134 Å². The van der Waals surface area contributed by atoms with Crippen LogP contribution in [-0.2, 0) is 32.7 Å². The molecule has 0 bridgehead atoms. The standard InChI is InChI=1S/C68H134NO8P/c1-3-5-7-9-11-13-15-17-19-21-23-25-27-29-31-32-33-34-35-37-39-41-43-45-47-49-51-53-55-57-59-61-68(71)77-66(65-76-78(72,73)75-63-62-69)64-74-67(70)60-58-56-54-52-50-48-46-44-42-40-38-36-30-28-26-24-22-20-18-16-14-12-10-8-6-4-2/h21,23,66H,3-20,22,24-65,69H2,1-2H3,(H,72,73)/b23-21-. The number of phosphoric acid groups is 1. The van der Waals surface area contributed by atoms with Gasteiger partial charge in [-0.2, -0.15) is 0 Å². The molecule has 0 amide bonds. The molecule has 9 nitrogen and oxygen atoms in total. The van der Waals surface area contributed by atoms with E-state index in [1.165, 1.54) is 315 Å². The fourth-order valence-corrected chi connectivity index (χ4v) is 11.5. The van der Waals surface area contributed by atoms with Crippen molar-refractivity contribution in [2.45, 2.75) is 386 Å². The van der Waals surface area contributed by atoms with Crippen LogP contribution in [0.15, 0.2) is 12.2 Å². The summed E-state index contributed by atoms with van der Waals surface area (Å²) in [5.74, 6) is -0.800. The number of rotatable bonds is 67. The Labute approximate surface area is 485 Å². The van der Waals surface area contributed by atoms with E-state index in [0.29, 0.717) is 6.42 Å². The van der Waals surface area contributed by atoms with E-state index in [0.717, 1.165) is 32.1 Å². The zero-order valence-electron chi connectivity index (χ0n) is 52.2. The van der Waals surface area contributed by atoms with Crippen molar-refractivity contribution in [3.63, 3.8) is 0 Å². The molecule has 464 valence electrons. The van der Waals surface area contributed by atoms with Crippen LogP contribution in [0, 0.1) is 0 Å². The highest BCUT2D eigenvalue weighted by molar-refractivity contribution is 7.47. The van der Waals surface area contributed by atoms with E-state index < -0.39 is 26.5 Å². The molecule has 0 aromatic rings. The van der Waals surface area contributed by atoms with Crippen molar-refractivity contribution in [2.24, 2.45) is 5.73 Å². The van der Waals surface area contributed by atoms with E-state index in [1.807, 2.05) is 0 Å². The number of esters is 2. The lowest BCUT2D eigenvalue weighted by molar-refractivity contribution is -0.161. The van der Waals surface area contributed by atoms with E-state index in [1.54, 1.807) is 0 Å². The van der Waals surface area contributed by atoms with Gasteiger partial charge in [-0.05, 0) is 38.5 Å². The molecule has 0 fully saturated rings. The molecule has 0 aliphatic rings. The largest absolute Gasteiger partial charge is 0.472 e. The van der Waals surface area contributed by atoms with E-state index >= 15 is 0 Å². The third-order valence-electron chi connectivity index (χ3n) is 15.9. The highest BCUT2D eigenvalue weighted by atomic mass is 31.2. The third-order valence-corrected chi connectivity index (χ3v) is 16.9. The van der Waals surface area contributed by atoms with Crippen LogP contribution in [0.2, 0.25) is 0 Å². The van der Waals surface area contributed by atoms with Gasteiger partial charge >= 0.3 is 19.8 Å². The molecule has 2 atom stereocenters. The molecule has 0 aromatic carbocycles. The third kappa shape index (κ3) is 63.9. The first kappa shape index (κ1) is 76.8. The van der Waals surface area contributed by atoms with Gasteiger partial charge in [0.15, 0.2) is 6.10 Å². The van der Waals surface area contributed by atoms with Gasteiger partial charge < -0.3 is 20.1 Å². The summed E-state index contributed by atoms with van der Waals surface area (Å²) < 4.78 is 33.2. The molecule has 0 saturated carbocycles. The van der Waals surface area contributed by atoms with Gasteiger partial charge in [-0.3, -0.25) is 18.6 Å². The van der Waals surface area contributed by atoms with E-state index in [9.17, 15) is 19.0 Å². The Morgan fingerprint density at radius 2 is 0.628 bits per heavy atom. The molecule has 0 aliphatic heterocycles. The molecule has 3 N–H and O–H groups in total. The Bertz CT molecular complexity index is 1280. The molecule has 0 heterocycles. The van der Waals surface area contributed by atoms with Crippen LogP contribution in [-0.4, -0.2) is 49.3 Å². The summed E-state index contributed by atoms with van der Waals surface area (Å²) >= 11 is 0. The minimum atomic E-state index is -4.39. The highest BCUT2D eigenvalue weighted by Crippen LogP contribution is 2.43. The van der Waals surface area contributed by atoms with Crippen LogP contribution in [0.25, 0.3) is 0 Å². The van der Waals surface area contributed by atoms with Gasteiger partial charge in [-0.15, -0.1) is 0 Å². The van der Waals surface area contributed by atoms with Gasteiger partial charge in [-0.1, -0.05) is 341 Å². The normalized spacial score (nSPS) is 12.9. The average molecular weight is 1120 g/mol. The molecule has 2 unspecified atom stereocenters. The first-order valence-corrected chi connectivity index (χ1v) is 36.2. The van der Waals surface area contributed by atoms with Crippen molar-refractivity contribution < 1.29 is 37.6 Å². The molecule has 78 heavy (non-hydrogen) atoms. The van der Waals surface area contributed by atoms with Crippen LogP contribution < -0.4 is 5.73 Å². The summed E-state index contributed by atoms with van der Waals surface area (Å²) in [5.41, 5.74) is 5.40. The van der Waals surface area contributed by atoms with Gasteiger partial charge in [0.05, 0.1) is 13.2 Å². The predicted octanol–water partition coefficient (Wildman–Crippen LogP) is 22.4. The lowest BCUT2D eigenvalue weighted by Crippen LogP contribution is -2.29. The number of unbranched alkanes of at least 4 members (excludes halogenated alkanes) is 52. The van der Waals surface area contributed by atoms with Crippen LogP contribution >= 0.6 is 7.82 Å². The van der Waals surface area contributed by atoms with Crippen molar-refractivity contribution in [2.75, 3.05) is 26.4 Å². The first-order valence-electron chi connectivity index (χ1n) is 34.7. The highest BCUT2D eigenvalue weighted by Gasteiger charge is 2.26. The number of hydrogen-bond acceptors (Lipinski definition) is 8. The van der Waals surface area contributed by atoms with E-state index in [4.69, 9.17) is 24.3 Å². The fraction of sp³-hybridized carbons (Fsp3) is 0.941. The molecular formula is C68H134NO8P. The summed E-state index contributed by atoms with van der Waals surface area (Å²) in [6.07, 6.45) is 77.4. The summed E-state index contributed by atoms with van der Waals surface area (Å²) in [6.45, 7) is 3.83. The average Bonchev–Trinajstić information content (AvgIpc) is 3.43. The van der Waals surface area contributed by atoms with Gasteiger partial charge in [-0.25, -0.2) is 4.57 Å². The Morgan fingerprint density at radius 1 is 0.372 bits per heavy atom. The number of ether oxygens (including phenoxy) is 2. The second-order valence-corrected chi connectivity index (χ2v) is 25.2. The fourth-order valence-electron chi connectivity index (χ4n) is 10.8. The van der Waals surface area contributed by atoms with Crippen LogP contribution in [0.3, 0.4) is 0 Å². The number of carbonyl (C=O) groups is 2. The van der Waals surface area contributed by atoms with Crippen molar-refractivity contribution in [1.29, 1.82) is 0 Å². The molecular weight excluding hydrogens is 990 g/mol. The zero-order chi connectivity index (χ0) is 56.6. The SMILES string of the molecule is CCCCCCCCCC/C=C\CCCCCCCCCCCCCCCCCCCCCC(=O)OC(COC(=O)CCCCCCCCCCCCCCCCCCCCCCCCCCCC)COP(=O)(O)OCCN. The zero-order valence-corrected chi connectivity index (χ0v) is 53.1. The second kappa shape index (κ2) is 64.9. The number of phosphoric ester groups is 1. The van der Waals surface area contributed by atoms with Crippen molar-refractivity contribution in [3.8, 4) is 0 Å². The van der Waals surface area contributed by atoms with Crippen molar-refractivity contribution in [1.82, 2.24) is 0 Å². The second-order valence-electron chi connectivity index (χ2n) is 23.8. The number of hydrogen-bond donors (Lipinski definition) is 2. The van der Waals surface area contributed by atoms with Gasteiger partial charge in [0, 0.05) is 19.4 Å². The number of allylic oxidation sites excluding steroid dienone is 2. The molecule has 0 aromatic heterocycles. The van der Waals surface area contributed by atoms with Gasteiger partial charge in [0.25, 0.3) is 0 Å². The van der Waals surface area contributed by atoms with Crippen LogP contribution in [0.4, 0.5) is 0 Å². The molecule has 0 saturated heterocycles. The maximum Gasteiger partial charge on any atom is 0.472 e. The number of carbonyl (C=O) groups excluding carboxylic acids is 2. The molecule has 0 rings (SSSR count). The van der Waals surface area contributed by atoms with Crippen molar-refractivity contribution in [3.05, 3.63) is 12.2 Å². The maximum absolute atomic E-state index is 12.8. The number of nitrogens with two attached hydrogens (primary N) is 1. The lowest BCUT2D eigenvalue weighted by atomic mass is 10.0. The Hall–Kier alpha value is -1.25. The van der Waals surface area contributed by atoms with Gasteiger partial charge in [0.2, 0.25) is 0 Å². The maximum atomic E-state index is 12.8. The summed E-state index contributed by atoms with van der Waals surface area (Å²) in [7, 11) is -4.39. The molecule has 0 spiro atoms. The molecule has 10 heteroatoms.